The molecule has 1 aromatic rings. The minimum atomic E-state index is -3.47. The highest BCUT2D eigenvalue weighted by atomic mass is 32.2. The zero-order chi connectivity index (χ0) is 11.5. The average Bonchev–Trinajstić information content (AvgIpc) is 2.66. The molecule has 0 amide bonds. The lowest BCUT2D eigenvalue weighted by Gasteiger charge is -2.13. The Labute approximate surface area is 89.1 Å². The number of nitrogens with zero attached hydrogens (tertiary/aromatic N) is 1. The van der Waals surface area contributed by atoms with Crippen LogP contribution in [0.5, 0.6) is 0 Å². The molecule has 84 valence electrons. The summed E-state index contributed by atoms with van der Waals surface area (Å²) in [7, 11) is -2.00. The van der Waals surface area contributed by atoms with Gasteiger partial charge >= 0.3 is 0 Å². The summed E-state index contributed by atoms with van der Waals surface area (Å²) < 4.78 is 24.8. The Bertz CT molecular complexity index is 436. The van der Waals surface area contributed by atoms with Crippen LogP contribution in [0.4, 0.5) is 0 Å². The number of aromatic amines is 1. The lowest BCUT2D eigenvalue weighted by Crippen LogP contribution is -2.26. The van der Waals surface area contributed by atoms with Gasteiger partial charge in [0.25, 0.3) is 0 Å². The van der Waals surface area contributed by atoms with Crippen molar-refractivity contribution >= 4 is 10.0 Å². The van der Waals surface area contributed by atoms with Gasteiger partial charge in [0.1, 0.15) is 0 Å². The fraction of sp³-hybridized carbons (Fsp3) is 0.333. The SMILES string of the molecule is C=CCN(C)S(=O)(=O)c1c[nH]c(CO)c1. The molecule has 0 aromatic carbocycles. The Morgan fingerprint density at radius 3 is 2.80 bits per heavy atom. The van der Waals surface area contributed by atoms with Crippen LogP contribution in [0, 0.1) is 0 Å². The van der Waals surface area contributed by atoms with E-state index >= 15 is 0 Å². The smallest absolute Gasteiger partial charge is 0.244 e. The van der Waals surface area contributed by atoms with Gasteiger partial charge < -0.3 is 10.1 Å². The molecule has 1 aromatic heterocycles. The van der Waals surface area contributed by atoms with Crippen LogP contribution in [0.1, 0.15) is 5.69 Å². The van der Waals surface area contributed by atoms with E-state index in [0.29, 0.717) is 5.69 Å². The van der Waals surface area contributed by atoms with Gasteiger partial charge in [-0.15, -0.1) is 6.58 Å². The summed E-state index contributed by atoms with van der Waals surface area (Å²) in [6, 6.07) is 1.41. The molecule has 0 aliphatic heterocycles. The predicted octanol–water partition coefficient (Wildman–Crippen LogP) is 0.313. The van der Waals surface area contributed by atoms with E-state index in [1.165, 1.54) is 29.7 Å². The third kappa shape index (κ3) is 2.47. The molecule has 6 heteroatoms. The molecule has 0 unspecified atom stereocenters. The first-order chi connectivity index (χ1) is 7.02. The first-order valence-electron chi connectivity index (χ1n) is 4.37. The van der Waals surface area contributed by atoms with Gasteiger partial charge in [0.15, 0.2) is 0 Å². The number of aromatic nitrogens is 1. The number of aliphatic hydroxyl groups is 1. The van der Waals surface area contributed by atoms with E-state index in [2.05, 4.69) is 11.6 Å². The van der Waals surface area contributed by atoms with E-state index in [4.69, 9.17) is 5.11 Å². The van der Waals surface area contributed by atoms with Crippen molar-refractivity contribution in [3.63, 3.8) is 0 Å². The number of nitrogens with one attached hydrogen (secondary N) is 1. The molecule has 0 aliphatic rings. The highest BCUT2D eigenvalue weighted by Crippen LogP contribution is 2.15. The van der Waals surface area contributed by atoms with Gasteiger partial charge in [-0.25, -0.2) is 8.42 Å². The number of likely N-dealkylation sites (N-methyl/N-ethyl adjacent to an activating group) is 1. The quantitative estimate of drug-likeness (QED) is 0.715. The molecule has 0 spiro atoms. The van der Waals surface area contributed by atoms with Gasteiger partial charge in [-0.05, 0) is 6.07 Å². The summed E-state index contributed by atoms with van der Waals surface area (Å²) in [5, 5.41) is 8.80. The van der Waals surface area contributed by atoms with E-state index in [0.717, 1.165) is 0 Å². The lowest BCUT2D eigenvalue weighted by atomic mass is 10.5. The largest absolute Gasteiger partial charge is 0.390 e. The summed E-state index contributed by atoms with van der Waals surface area (Å²) in [4.78, 5) is 2.83. The Kier molecular flexibility index (Phi) is 3.67. The van der Waals surface area contributed by atoms with Crippen molar-refractivity contribution < 1.29 is 13.5 Å². The Morgan fingerprint density at radius 1 is 1.67 bits per heavy atom. The predicted molar refractivity (Wildman–Crippen MR) is 56.7 cm³/mol. The summed E-state index contributed by atoms with van der Waals surface area (Å²) >= 11 is 0. The normalized spacial score (nSPS) is 11.9. The van der Waals surface area contributed by atoms with Crippen LogP contribution < -0.4 is 0 Å². The molecular formula is C9H14N2O3S. The maximum atomic E-state index is 11.8. The first-order valence-corrected chi connectivity index (χ1v) is 5.81. The molecule has 0 saturated heterocycles. The number of hydrogen-bond acceptors (Lipinski definition) is 3. The van der Waals surface area contributed by atoms with E-state index in [1.807, 2.05) is 0 Å². The van der Waals surface area contributed by atoms with E-state index < -0.39 is 10.0 Å². The van der Waals surface area contributed by atoms with Gasteiger partial charge in [0, 0.05) is 25.5 Å². The summed E-state index contributed by atoms with van der Waals surface area (Å²) in [6.45, 7) is 3.52. The van der Waals surface area contributed by atoms with Crippen molar-refractivity contribution in [2.75, 3.05) is 13.6 Å². The fourth-order valence-corrected chi connectivity index (χ4v) is 2.28. The van der Waals surface area contributed by atoms with Crippen molar-refractivity contribution in [1.29, 1.82) is 0 Å². The molecule has 0 bridgehead atoms. The third-order valence-corrected chi connectivity index (χ3v) is 3.78. The second-order valence-electron chi connectivity index (χ2n) is 3.09. The second kappa shape index (κ2) is 4.61. The van der Waals surface area contributed by atoms with Gasteiger partial charge in [0.2, 0.25) is 10.0 Å². The van der Waals surface area contributed by atoms with Crippen LogP contribution in [-0.2, 0) is 16.6 Å². The van der Waals surface area contributed by atoms with Crippen LogP contribution in [0.25, 0.3) is 0 Å². The van der Waals surface area contributed by atoms with E-state index in [1.54, 1.807) is 0 Å². The van der Waals surface area contributed by atoms with Gasteiger partial charge in [-0.1, -0.05) is 6.08 Å². The Morgan fingerprint density at radius 2 is 2.33 bits per heavy atom. The van der Waals surface area contributed by atoms with Crippen LogP contribution >= 0.6 is 0 Å². The average molecular weight is 230 g/mol. The van der Waals surface area contributed by atoms with Crippen LogP contribution in [0.15, 0.2) is 29.8 Å². The Balaban J connectivity index is 3.00. The van der Waals surface area contributed by atoms with Crippen molar-refractivity contribution in [1.82, 2.24) is 9.29 Å². The van der Waals surface area contributed by atoms with E-state index in [9.17, 15) is 8.42 Å². The van der Waals surface area contributed by atoms with Crippen molar-refractivity contribution in [3.05, 3.63) is 30.6 Å². The second-order valence-corrected chi connectivity index (χ2v) is 5.14. The van der Waals surface area contributed by atoms with Crippen molar-refractivity contribution in [2.45, 2.75) is 11.5 Å². The molecule has 5 nitrogen and oxygen atoms in total. The first kappa shape index (κ1) is 12.0. The van der Waals surface area contributed by atoms with Crippen molar-refractivity contribution in [2.24, 2.45) is 0 Å². The molecule has 0 saturated carbocycles. The standard InChI is InChI=1S/C9H14N2O3S/c1-3-4-11(2)15(13,14)9-5-8(7-12)10-6-9/h3,5-6,10,12H,1,4,7H2,2H3. The highest BCUT2D eigenvalue weighted by Gasteiger charge is 2.20. The fourth-order valence-electron chi connectivity index (χ4n) is 1.12. The zero-order valence-corrected chi connectivity index (χ0v) is 9.29. The minimum Gasteiger partial charge on any atom is -0.390 e. The van der Waals surface area contributed by atoms with E-state index in [-0.39, 0.29) is 18.0 Å². The number of sulfonamides is 1. The maximum absolute atomic E-state index is 11.8. The summed E-state index contributed by atoms with van der Waals surface area (Å²) in [5.74, 6) is 0. The summed E-state index contributed by atoms with van der Waals surface area (Å²) in [6.07, 6.45) is 2.87. The molecule has 0 radical (unpaired) electrons. The lowest BCUT2D eigenvalue weighted by molar-refractivity contribution is 0.277. The minimum absolute atomic E-state index is 0.149. The molecule has 1 rings (SSSR count). The molecule has 0 aliphatic carbocycles. The van der Waals surface area contributed by atoms with Gasteiger partial charge in [0.05, 0.1) is 11.5 Å². The molecular weight excluding hydrogens is 216 g/mol. The molecule has 2 N–H and O–H groups in total. The molecule has 15 heavy (non-hydrogen) atoms. The highest BCUT2D eigenvalue weighted by molar-refractivity contribution is 7.89. The molecule has 0 fully saturated rings. The number of H-pyrrole nitrogens is 1. The van der Waals surface area contributed by atoms with Gasteiger partial charge in [-0.3, -0.25) is 0 Å². The molecule has 1 heterocycles. The maximum Gasteiger partial charge on any atom is 0.244 e. The molecule has 0 atom stereocenters. The van der Waals surface area contributed by atoms with Crippen molar-refractivity contribution in [3.8, 4) is 0 Å². The van der Waals surface area contributed by atoms with Gasteiger partial charge in [-0.2, -0.15) is 4.31 Å². The monoisotopic (exact) mass is 230 g/mol. The van der Waals surface area contributed by atoms with Crippen LogP contribution in [-0.4, -0.2) is 36.4 Å². The summed E-state index contributed by atoms with van der Waals surface area (Å²) in [5.41, 5.74) is 0.473. The van der Waals surface area contributed by atoms with Crippen LogP contribution in [0.3, 0.4) is 0 Å². The number of hydrogen-bond donors (Lipinski definition) is 2. The van der Waals surface area contributed by atoms with Crippen LogP contribution in [0.2, 0.25) is 0 Å². The zero-order valence-electron chi connectivity index (χ0n) is 8.47. The Hall–Kier alpha value is -1.11. The number of rotatable bonds is 5. The topological polar surface area (TPSA) is 73.4 Å². The number of aliphatic hydroxyl groups excluding tert-OH is 1. The third-order valence-electron chi connectivity index (χ3n) is 1.98.